The highest BCUT2D eigenvalue weighted by Gasteiger charge is 2.22. The molecule has 0 spiro atoms. The van der Waals surface area contributed by atoms with Gasteiger partial charge >= 0.3 is 0 Å². The van der Waals surface area contributed by atoms with Crippen LogP contribution < -0.4 is 25.3 Å². The second-order valence-corrected chi connectivity index (χ2v) is 9.47. The Hall–Kier alpha value is -4.29. The summed E-state index contributed by atoms with van der Waals surface area (Å²) in [6, 6.07) is 7.83. The molecule has 1 amide bonds. The number of ketones is 1. The molecule has 1 atom stereocenters. The molecule has 3 N–H and O–H groups in total. The van der Waals surface area contributed by atoms with E-state index in [9.17, 15) is 9.59 Å². The van der Waals surface area contributed by atoms with Crippen molar-refractivity contribution in [1.29, 1.82) is 0 Å². The first kappa shape index (κ1) is 26.8. The molecule has 11 nitrogen and oxygen atoms in total. The van der Waals surface area contributed by atoms with E-state index < -0.39 is 6.04 Å². The zero-order valence-corrected chi connectivity index (χ0v) is 22.4. The summed E-state index contributed by atoms with van der Waals surface area (Å²) in [5.41, 5.74) is 8.50. The number of amides is 1. The van der Waals surface area contributed by atoms with E-state index in [0.717, 1.165) is 5.56 Å². The standard InChI is InChI=1S/C26H28N6O5S/c1-14(2)22(27)25(34)31-26-30-18(11-38-26)15-6-7-17(19(8-15)32-13-28-12-29-32)23(33)16-9-20(35-3)24(37-5)21(10-16)36-4/h6-14,22H,27H2,1-5H3,(H,30,31,34)/t22-/m0/s1. The first-order chi connectivity index (χ1) is 18.3. The van der Waals surface area contributed by atoms with Crippen LogP contribution >= 0.6 is 11.3 Å². The molecular formula is C26H28N6O5S. The zero-order valence-electron chi connectivity index (χ0n) is 21.6. The van der Waals surface area contributed by atoms with Crippen molar-refractivity contribution in [3.8, 4) is 34.2 Å². The van der Waals surface area contributed by atoms with Crippen molar-refractivity contribution in [2.75, 3.05) is 26.6 Å². The van der Waals surface area contributed by atoms with Gasteiger partial charge in [0.1, 0.15) is 12.7 Å². The third-order valence-electron chi connectivity index (χ3n) is 5.89. The molecule has 0 unspecified atom stereocenters. The van der Waals surface area contributed by atoms with Crippen LogP contribution in [-0.2, 0) is 4.79 Å². The van der Waals surface area contributed by atoms with Crippen LogP contribution in [0.4, 0.5) is 5.13 Å². The van der Waals surface area contributed by atoms with Crippen molar-refractivity contribution in [2.45, 2.75) is 19.9 Å². The van der Waals surface area contributed by atoms with Gasteiger partial charge in [0.2, 0.25) is 11.7 Å². The van der Waals surface area contributed by atoms with Crippen LogP contribution in [0.1, 0.15) is 29.8 Å². The lowest BCUT2D eigenvalue weighted by molar-refractivity contribution is -0.118. The monoisotopic (exact) mass is 536 g/mol. The molecule has 4 rings (SSSR count). The zero-order chi connectivity index (χ0) is 27.4. The van der Waals surface area contributed by atoms with Gasteiger partial charge in [0.25, 0.3) is 0 Å². The molecule has 0 bridgehead atoms. The van der Waals surface area contributed by atoms with E-state index in [2.05, 4.69) is 20.4 Å². The second-order valence-electron chi connectivity index (χ2n) is 8.61. The summed E-state index contributed by atoms with van der Waals surface area (Å²) in [5, 5.41) is 9.24. The highest BCUT2D eigenvalue weighted by Crippen LogP contribution is 2.39. The molecule has 0 aliphatic rings. The van der Waals surface area contributed by atoms with Crippen molar-refractivity contribution < 1.29 is 23.8 Å². The fraction of sp³-hybridized carbons (Fsp3) is 0.269. The number of carbonyl (C=O) groups excluding carboxylic acids is 2. The van der Waals surface area contributed by atoms with Gasteiger partial charge in [-0.2, -0.15) is 5.10 Å². The SMILES string of the molecule is COc1cc(C(=O)c2ccc(-c3csc(NC(=O)[C@@H](N)C(C)C)n3)cc2-n2cncn2)cc(OC)c1OC. The first-order valence-electron chi connectivity index (χ1n) is 11.6. The molecule has 2 heterocycles. The molecule has 0 fully saturated rings. The van der Waals surface area contributed by atoms with E-state index >= 15 is 0 Å². The number of thiazole rings is 1. The van der Waals surface area contributed by atoms with Crippen LogP contribution in [0.25, 0.3) is 16.9 Å². The van der Waals surface area contributed by atoms with Crippen LogP contribution in [0.2, 0.25) is 0 Å². The second kappa shape index (κ2) is 11.4. The van der Waals surface area contributed by atoms with Gasteiger partial charge in [0.15, 0.2) is 22.4 Å². The fourth-order valence-corrected chi connectivity index (χ4v) is 4.45. The molecule has 2 aromatic heterocycles. The van der Waals surface area contributed by atoms with Gasteiger partial charge in [-0.25, -0.2) is 14.6 Å². The molecule has 12 heteroatoms. The number of benzene rings is 2. The molecule has 198 valence electrons. The smallest absolute Gasteiger partial charge is 0.243 e. The number of nitrogens with one attached hydrogen (secondary N) is 1. The van der Waals surface area contributed by atoms with Crippen LogP contribution in [0.3, 0.4) is 0 Å². The maximum atomic E-state index is 13.7. The fourth-order valence-electron chi connectivity index (χ4n) is 3.73. The third-order valence-corrected chi connectivity index (χ3v) is 6.64. The number of rotatable bonds is 10. The number of nitrogens with zero attached hydrogens (tertiary/aromatic N) is 4. The van der Waals surface area contributed by atoms with Crippen molar-refractivity contribution in [1.82, 2.24) is 19.7 Å². The highest BCUT2D eigenvalue weighted by molar-refractivity contribution is 7.14. The van der Waals surface area contributed by atoms with E-state index in [-0.39, 0.29) is 17.6 Å². The van der Waals surface area contributed by atoms with Gasteiger partial charge in [-0.05, 0) is 30.2 Å². The normalized spacial score (nSPS) is 11.8. The minimum Gasteiger partial charge on any atom is -0.493 e. The number of hydrogen-bond acceptors (Lipinski definition) is 10. The lowest BCUT2D eigenvalue weighted by Gasteiger charge is -2.15. The highest BCUT2D eigenvalue weighted by atomic mass is 32.1. The van der Waals surface area contributed by atoms with Crippen molar-refractivity contribution >= 4 is 28.2 Å². The summed E-state index contributed by atoms with van der Waals surface area (Å²) in [4.78, 5) is 34.6. The maximum absolute atomic E-state index is 13.7. The molecular weight excluding hydrogens is 508 g/mol. The average Bonchev–Trinajstić information content (AvgIpc) is 3.63. The van der Waals surface area contributed by atoms with E-state index in [1.54, 1.807) is 30.3 Å². The Kier molecular flexibility index (Phi) is 8.03. The molecule has 0 aliphatic carbocycles. The Balaban J connectivity index is 1.72. The van der Waals surface area contributed by atoms with Crippen molar-refractivity contribution in [3.05, 3.63) is 59.5 Å². The number of carbonyl (C=O) groups is 2. The summed E-state index contributed by atoms with van der Waals surface area (Å²) < 4.78 is 17.7. The Morgan fingerprint density at radius 1 is 1.05 bits per heavy atom. The predicted molar refractivity (Wildman–Crippen MR) is 143 cm³/mol. The van der Waals surface area contributed by atoms with Crippen LogP contribution in [0.15, 0.2) is 48.4 Å². The summed E-state index contributed by atoms with van der Waals surface area (Å²) in [6.07, 6.45) is 2.89. The lowest BCUT2D eigenvalue weighted by Crippen LogP contribution is -2.39. The van der Waals surface area contributed by atoms with Crippen LogP contribution in [0, 0.1) is 5.92 Å². The van der Waals surface area contributed by atoms with Crippen molar-refractivity contribution in [3.63, 3.8) is 0 Å². The molecule has 0 saturated heterocycles. The molecule has 38 heavy (non-hydrogen) atoms. The summed E-state index contributed by atoms with van der Waals surface area (Å²) in [7, 11) is 4.47. The number of anilines is 1. The predicted octanol–water partition coefficient (Wildman–Crippen LogP) is 3.57. The minimum absolute atomic E-state index is 0.00427. The minimum atomic E-state index is -0.637. The average molecular weight is 537 g/mol. The largest absolute Gasteiger partial charge is 0.493 e. The third kappa shape index (κ3) is 5.36. The van der Waals surface area contributed by atoms with Gasteiger partial charge in [0.05, 0.1) is 38.8 Å². The quantitative estimate of drug-likeness (QED) is 0.291. The van der Waals surface area contributed by atoms with Gasteiger partial charge in [-0.1, -0.05) is 19.9 Å². The Morgan fingerprint density at radius 2 is 1.76 bits per heavy atom. The van der Waals surface area contributed by atoms with Gasteiger partial charge in [0, 0.05) is 22.1 Å². The molecule has 0 radical (unpaired) electrons. The Bertz CT molecular complexity index is 1430. The summed E-state index contributed by atoms with van der Waals surface area (Å²) in [6.45, 7) is 3.76. The van der Waals surface area contributed by atoms with Crippen molar-refractivity contribution in [2.24, 2.45) is 11.7 Å². The van der Waals surface area contributed by atoms with E-state index in [4.69, 9.17) is 19.9 Å². The number of methoxy groups -OCH3 is 3. The number of aromatic nitrogens is 4. The summed E-state index contributed by atoms with van der Waals surface area (Å²) in [5.74, 6) is 0.534. The van der Waals surface area contributed by atoms with Crippen LogP contribution in [-0.4, -0.2) is 58.8 Å². The number of hydrogen-bond donors (Lipinski definition) is 2. The lowest BCUT2D eigenvalue weighted by atomic mass is 9.98. The summed E-state index contributed by atoms with van der Waals surface area (Å²) >= 11 is 1.28. The van der Waals surface area contributed by atoms with Gasteiger partial charge in [-0.3, -0.25) is 9.59 Å². The Morgan fingerprint density at radius 3 is 2.34 bits per heavy atom. The molecule has 0 saturated carbocycles. The number of nitrogens with two attached hydrogens (primary N) is 1. The van der Waals surface area contributed by atoms with Crippen LogP contribution in [0.5, 0.6) is 17.2 Å². The van der Waals surface area contributed by atoms with Gasteiger partial charge in [-0.15, -0.1) is 11.3 Å². The molecule has 2 aromatic carbocycles. The van der Waals surface area contributed by atoms with E-state index in [1.807, 2.05) is 19.2 Å². The Labute approximate surface area is 223 Å². The maximum Gasteiger partial charge on any atom is 0.243 e. The number of ether oxygens (including phenoxy) is 3. The van der Waals surface area contributed by atoms with E-state index in [0.29, 0.717) is 44.9 Å². The first-order valence-corrected chi connectivity index (χ1v) is 12.5. The topological polar surface area (TPSA) is 143 Å². The van der Waals surface area contributed by atoms with Gasteiger partial charge < -0.3 is 25.3 Å². The molecule has 4 aromatic rings. The molecule has 0 aliphatic heterocycles. The van der Waals surface area contributed by atoms with E-state index in [1.165, 1.54) is 50.0 Å².